The summed E-state index contributed by atoms with van der Waals surface area (Å²) in [5.41, 5.74) is 0. The highest BCUT2D eigenvalue weighted by atomic mass is 16.3. The molecule has 17 heavy (non-hydrogen) atoms. The molecule has 1 N–H and O–H groups in total. The molecule has 0 aromatic rings. The van der Waals surface area contributed by atoms with Crippen molar-refractivity contribution in [2.24, 2.45) is 0 Å². The first-order valence-electron chi connectivity index (χ1n) is 7.26. The molecule has 1 heteroatoms. The standard InChI is InChI=1S/C16H30O/c1-3-5-7-8-9-10-11-12-13-15-16(17)14-6-4-2/h3,5,7,16-17H,1,4,6,8-15H2,2H3/b7-5-. The summed E-state index contributed by atoms with van der Waals surface area (Å²) in [6.45, 7) is 5.82. The normalized spacial score (nSPS) is 13.1. The number of hydrogen-bond acceptors (Lipinski definition) is 1. The number of allylic oxidation sites excluding steroid dienone is 3. The van der Waals surface area contributed by atoms with E-state index in [1.165, 1.54) is 44.9 Å². The average molecular weight is 238 g/mol. The Morgan fingerprint density at radius 2 is 1.65 bits per heavy atom. The lowest BCUT2D eigenvalue weighted by molar-refractivity contribution is 0.148. The Kier molecular flexibility index (Phi) is 13.1. The highest BCUT2D eigenvalue weighted by molar-refractivity contribution is 4.96. The number of rotatable bonds is 12. The first-order valence-corrected chi connectivity index (χ1v) is 7.26. The topological polar surface area (TPSA) is 20.2 Å². The van der Waals surface area contributed by atoms with Crippen molar-refractivity contribution in [3.63, 3.8) is 0 Å². The molecule has 0 rings (SSSR count). The lowest BCUT2D eigenvalue weighted by Gasteiger charge is -2.09. The SMILES string of the molecule is C=C/C=C\CCCCCCCC(O)CCCC. The van der Waals surface area contributed by atoms with E-state index in [0.717, 1.165) is 19.3 Å². The maximum absolute atomic E-state index is 9.66. The zero-order valence-corrected chi connectivity index (χ0v) is 11.5. The Bertz CT molecular complexity index is 184. The third-order valence-electron chi connectivity index (χ3n) is 3.07. The Morgan fingerprint density at radius 1 is 1.00 bits per heavy atom. The molecule has 0 bridgehead atoms. The minimum atomic E-state index is -0.0505. The first-order chi connectivity index (χ1) is 8.31. The van der Waals surface area contributed by atoms with Gasteiger partial charge in [0, 0.05) is 0 Å². The molecule has 0 aliphatic rings. The average Bonchev–Trinajstić information content (AvgIpc) is 2.34. The molecule has 0 radical (unpaired) electrons. The Labute approximate surface area is 108 Å². The highest BCUT2D eigenvalue weighted by Gasteiger charge is 2.02. The summed E-state index contributed by atoms with van der Waals surface area (Å²) in [4.78, 5) is 0. The summed E-state index contributed by atoms with van der Waals surface area (Å²) in [6, 6.07) is 0. The molecule has 1 nitrogen and oxygen atoms in total. The fraction of sp³-hybridized carbons (Fsp3) is 0.750. The lowest BCUT2D eigenvalue weighted by atomic mass is 10.0. The van der Waals surface area contributed by atoms with Gasteiger partial charge in [0.1, 0.15) is 0 Å². The monoisotopic (exact) mass is 238 g/mol. The van der Waals surface area contributed by atoms with Crippen LogP contribution >= 0.6 is 0 Å². The van der Waals surface area contributed by atoms with E-state index >= 15 is 0 Å². The Hall–Kier alpha value is -0.560. The van der Waals surface area contributed by atoms with Crippen molar-refractivity contribution >= 4 is 0 Å². The maximum Gasteiger partial charge on any atom is 0.0540 e. The zero-order chi connectivity index (χ0) is 12.8. The Morgan fingerprint density at radius 3 is 2.35 bits per heavy atom. The summed E-state index contributed by atoms with van der Waals surface area (Å²) in [6.07, 6.45) is 17.9. The van der Waals surface area contributed by atoms with Gasteiger partial charge in [0.2, 0.25) is 0 Å². The van der Waals surface area contributed by atoms with Crippen molar-refractivity contribution in [2.75, 3.05) is 0 Å². The molecule has 1 unspecified atom stereocenters. The van der Waals surface area contributed by atoms with E-state index < -0.39 is 0 Å². The Balaban J connectivity index is 3.12. The van der Waals surface area contributed by atoms with Crippen LogP contribution in [0.1, 0.15) is 71.1 Å². The van der Waals surface area contributed by atoms with Gasteiger partial charge in [-0.3, -0.25) is 0 Å². The lowest BCUT2D eigenvalue weighted by Crippen LogP contribution is -2.05. The van der Waals surface area contributed by atoms with Crippen molar-refractivity contribution in [3.05, 3.63) is 24.8 Å². The van der Waals surface area contributed by atoms with Gasteiger partial charge >= 0.3 is 0 Å². The molecule has 100 valence electrons. The van der Waals surface area contributed by atoms with Gasteiger partial charge in [0.15, 0.2) is 0 Å². The van der Waals surface area contributed by atoms with Gasteiger partial charge in [-0.1, -0.05) is 70.3 Å². The van der Waals surface area contributed by atoms with Crippen LogP contribution in [0, 0.1) is 0 Å². The summed E-state index contributed by atoms with van der Waals surface area (Å²) >= 11 is 0. The van der Waals surface area contributed by atoms with Crippen LogP contribution in [0.3, 0.4) is 0 Å². The molecule has 0 aliphatic carbocycles. The number of hydrogen-bond donors (Lipinski definition) is 1. The molecule has 0 saturated heterocycles. The summed E-state index contributed by atoms with van der Waals surface area (Å²) in [7, 11) is 0. The van der Waals surface area contributed by atoms with E-state index in [-0.39, 0.29) is 6.10 Å². The van der Waals surface area contributed by atoms with Crippen LogP contribution in [-0.2, 0) is 0 Å². The van der Waals surface area contributed by atoms with Gasteiger partial charge in [-0.15, -0.1) is 0 Å². The number of aliphatic hydroxyl groups is 1. The fourth-order valence-electron chi connectivity index (χ4n) is 1.95. The van der Waals surface area contributed by atoms with Gasteiger partial charge < -0.3 is 5.11 Å². The molecule has 0 amide bonds. The van der Waals surface area contributed by atoms with Crippen molar-refractivity contribution in [1.29, 1.82) is 0 Å². The van der Waals surface area contributed by atoms with E-state index in [2.05, 4.69) is 19.6 Å². The first kappa shape index (κ1) is 16.4. The second-order valence-corrected chi connectivity index (χ2v) is 4.81. The van der Waals surface area contributed by atoms with Crippen LogP contribution in [0.2, 0.25) is 0 Å². The molecule has 0 aromatic carbocycles. The molecule has 0 aliphatic heterocycles. The summed E-state index contributed by atoms with van der Waals surface area (Å²) < 4.78 is 0. The smallest absolute Gasteiger partial charge is 0.0540 e. The molecule has 0 fully saturated rings. The van der Waals surface area contributed by atoms with E-state index in [1.807, 2.05) is 12.2 Å². The van der Waals surface area contributed by atoms with Gasteiger partial charge in [0.25, 0.3) is 0 Å². The third kappa shape index (κ3) is 13.4. The second kappa shape index (κ2) is 13.5. The van der Waals surface area contributed by atoms with E-state index in [9.17, 15) is 5.11 Å². The van der Waals surface area contributed by atoms with Crippen LogP contribution < -0.4 is 0 Å². The molecule has 0 saturated carbocycles. The molecule has 1 atom stereocenters. The van der Waals surface area contributed by atoms with Gasteiger partial charge in [-0.05, 0) is 25.7 Å². The predicted molar refractivity (Wildman–Crippen MR) is 77.2 cm³/mol. The van der Waals surface area contributed by atoms with Crippen LogP contribution in [-0.4, -0.2) is 11.2 Å². The summed E-state index contributed by atoms with van der Waals surface area (Å²) in [5, 5.41) is 9.66. The van der Waals surface area contributed by atoms with Crippen LogP contribution in [0.4, 0.5) is 0 Å². The van der Waals surface area contributed by atoms with Crippen molar-refractivity contribution < 1.29 is 5.11 Å². The molecule has 0 spiro atoms. The van der Waals surface area contributed by atoms with Crippen molar-refractivity contribution in [3.8, 4) is 0 Å². The molecular weight excluding hydrogens is 208 g/mol. The molecular formula is C16H30O. The maximum atomic E-state index is 9.66. The van der Waals surface area contributed by atoms with E-state index in [0.29, 0.717) is 0 Å². The number of aliphatic hydroxyl groups excluding tert-OH is 1. The largest absolute Gasteiger partial charge is 0.393 e. The predicted octanol–water partition coefficient (Wildman–Crippen LogP) is 5.01. The van der Waals surface area contributed by atoms with E-state index in [1.54, 1.807) is 0 Å². The zero-order valence-electron chi connectivity index (χ0n) is 11.5. The van der Waals surface area contributed by atoms with Crippen LogP contribution in [0.15, 0.2) is 24.8 Å². The third-order valence-corrected chi connectivity index (χ3v) is 3.07. The van der Waals surface area contributed by atoms with Gasteiger partial charge in [-0.25, -0.2) is 0 Å². The quantitative estimate of drug-likeness (QED) is 0.374. The summed E-state index contributed by atoms with van der Waals surface area (Å²) in [5.74, 6) is 0. The van der Waals surface area contributed by atoms with Crippen molar-refractivity contribution in [2.45, 2.75) is 77.2 Å². The van der Waals surface area contributed by atoms with Crippen molar-refractivity contribution in [1.82, 2.24) is 0 Å². The van der Waals surface area contributed by atoms with Gasteiger partial charge in [0.05, 0.1) is 6.10 Å². The minimum absolute atomic E-state index is 0.0505. The second-order valence-electron chi connectivity index (χ2n) is 4.81. The van der Waals surface area contributed by atoms with Crippen LogP contribution in [0.25, 0.3) is 0 Å². The van der Waals surface area contributed by atoms with Crippen LogP contribution in [0.5, 0.6) is 0 Å². The number of unbranched alkanes of at least 4 members (excludes halogenated alkanes) is 6. The fourth-order valence-corrected chi connectivity index (χ4v) is 1.95. The van der Waals surface area contributed by atoms with Gasteiger partial charge in [-0.2, -0.15) is 0 Å². The van der Waals surface area contributed by atoms with E-state index in [4.69, 9.17) is 0 Å². The molecule has 0 heterocycles. The molecule has 0 aromatic heterocycles. The minimum Gasteiger partial charge on any atom is -0.393 e. The highest BCUT2D eigenvalue weighted by Crippen LogP contribution is 2.12.